The molecular formula is C12H25N. The lowest BCUT2D eigenvalue weighted by molar-refractivity contribution is 0.326. The SMILES string of the molecule is CCC[C@@H](C)NCC1CCCCC1. The van der Waals surface area contributed by atoms with E-state index in [0.717, 1.165) is 12.0 Å². The Kier molecular flexibility index (Phi) is 5.45. The molecule has 1 aliphatic rings. The molecule has 0 bridgehead atoms. The zero-order valence-corrected chi connectivity index (χ0v) is 9.31. The van der Waals surface area contributed by atoms with E-state index in [1.54, 1.807) is 0 Å². The summed E-state index contributed by atoms with van der Waals surface area (Å²) in [4.78, 5) is 0. The van der Waals surface area contributed by atoms with Gasteiger partial charge in [0.1, 0.15) is 0 Å². The van der Waals surface area contributed by atoms with Gasteiger partial charge in [-0.15, -0.1) is 0 Å². The van der Waals surface area contributed by atoms with Crippen LogP contribution in [0.15, 0.2) is 0 Å². The Bertz CT molecular complexity index is 116. The van der Waals surface area contributed by atoms with Crippen molar-refractivity contribution in [3.05, 3.63) is 0 Å². The molecule has 13 heavy (non-hydrogen) atoms. The number of rotatable bonds is 5. The maximum atomic E-state index is 3.65. The largest absolute Gasteiger partial charge is 0.314 e. The van der Waals surface area contributed by atoms with Crippen LogP contribution in [0.5, 0.6) is 0 Å². The van der Waals surface area contributed by atoms with E-state index < -0.39 is 0 Å². The Balaban J connectivity index is 2.03. The quantitative estimate of drug-likeness (QED) is 0.689. The highest BCUT2D eigenvalue weighted by molar-refractivity contribution is 4.70. The van der Waals surface area contributed by atoms with Gasteiger partial charge < -0.3 is 5.32 Å². The zero-order valence-electron chi connectivity index (χ0n) is 9.31. The molecule has 0 aliphatic heterocycles. The third kappa shape index (κ3) is 4.66. The predicted octanol–water partition coefficient (Wildman–Crippen LogP) is 3.34. The zero-order chi connectivity index (χ0) is 9.52. The second-order valence-electron chi connectivity index (χ2n) is 4.60. The number of hydrogen-bond acceptors (Lipinski definition) is 1. The molecule has 0 aromatic rings. The molecule has 0 spiro atoms. The molecule has 0 aromatic heterocycles. The highest BCUT2D eigenvalue weighted by Crippen LogP contribution is 2.22. The summed E-state index contributed by atoms with van der Waals surface area (Å²) in [5, 5.41) is 3.65. The van der Waals surface area contributed by atoms with Crippen molar-refractivity contribution >= 4 is 0 Å². The molecule has 0 unspecified atom stereocenters. The lowest BCUT2D eigenvalue weighted by atomic mass is 9.89. The van der Waals surface area contributed by atoms with Crippen molar-refractivity contribution in [2.24, 2.45) is 5.92 Å². The molecule has 0 radical (unpaired) electrons. The molecule has 78 valence electrons. The molecule has 1 N–H and O–H groups in total. The van der Waals surface area contributed by atoms with Gasteiger partial charge in [0.2, 0.25) is 0 Å². The van der Waals surface area contributed by atoms with Crippen molar-refractivity contribution < 1.29 is 0 Å². The fourth-order valence-electron chi connectivity index (χ4n) is 2.29. The first-order valence-corrected chi connectivity index (χ1v) is 6.06. The molecule has 0 heterocycles. The fourth-order valence-corrected chi connectivity index (χ4v) is 2.29. The van der Waals surface area contributed by atoms with E-state index in [9.17, 15) is 0 Å². The van der Waals surface area contributed by atoms with Crippen molar-refractivity contribution in [3.8, 4) is 0 Å². The average Bonchev–Trinajstić information content (AvgIpc) is 2.17. The standard InChI is InChI=1S/C12H25N/c1-3-7-11(2)13-10-12-8-5-4-6-9-12/h11-13H,3-10H2,1-2H3/t11-/m1/s1. The van der Waals surface area contributed by atoms with Gasteiger partial charge in [-0.3, -0.25) is 0 Å². The summed E-state index contributed by atoms with van der Waals surface area (Å²) in [6, 6.07) is 0.729. The van der Waals surface area contributed by atoms with Crippen molar-refractivity contribution in [3.63, 3.8) is 0 Å². The molecule has 0 saturated heterocycles. The second kappa shape index (κ2) is 6.42. The highest BCUT2D eigenvalue weighted by atomic mass is 14.9. The van der Waals surface area contributed by atoms with E-state index in [4.69, 9.17) is 0 Å². The predicted molar refractivity (Wildman–Crippen MR) is 58.9 cm³/mol. The maximum absolute atomic E-state index is 3.65. The highest BCUT2D eigenvalue weighted by Gasteiger charge is 2.13. The lowest BCUT2D eigenvalue weighted by Gasteiger charge is -2.23. The molecule has 0 amide bonds. The monoisotopic (exact) mass is 183 g/mol. The first kappa shape index (κ1) is 11.0. The van der Waals surface area contributed by atoms with Gasteiger partial charge in [-0.2, -0.15) is 0 Å². The number of nitrogens with one attached hydrogen (secondary N) is 1. The van der Waals surface area contributed by atoms with E-state index in [1.165, 1.54) is 51.5 Å². The van der Waals surface area contributed by atoms with Gasteiger partial charge in [-0.25, -0.2) is 0 Å². The average molecular weight is 183 g/mol. The Morgan fingerprint density at radius 2 is 1.92 bits per heavy atom. The Hall–Kier alpha value is -0.0400. The summed E-state index contributed by atoms with van der Waals surface area (Å²) >= 11 is 0. The Morgan fingerprint density at radius 3 is 2.54 bits per heavy atom. The van der Waals surface area contributed by atoms with Gasteiger partial charge in [0, 0.05) is 6.04 Å². The van der Waals surface area contributed by atoms with Crippen LogP contribution in [0.2, 0.25) is 0 Å². The van der Waals surface area contributed by atoms with Crippen LogP contribution < -0.4 is 5.32 Å². The van der Waals surface area contributed by atoms with Crippen LogP contribution in [0.3, 0.4) is 0 Å². The molecule has 1 rings (SSSR count). The third-order valence-electron chi connectivity index (χ3n) is 3.20. The van der Waals surface area contributed by atoms with Crippen molar-refractivity contribution in [1.82, 2.24) is 5.32 Å². The molecule has 1 heteroatoms. The van der Waals surface area contributed by atoms with Crippen molar-refractivity contribution in [1.29, 1.82) is 0 Å². The van der Waals surface area contributed by atoms with Crippen LogP contribution in [-0.2, 0) is 0 Å². The molecular weight excluding hydrogens is 158 g/mol. The Morgan fingerprint density at radius 1 is 1.23 bits per heavy atom. The summed E-state index contributed by atoms with van der Waals surface area (Å²) in [6.07, 6.45) is 9.97. The molecule has 1 fully saturated rings. The van der Waals surface area contributed by atoms with Gasteiger partial charge in [0.05, 0.1) is 0 Å². The molecule has 1 saturated carbocycles. The van der Waals surface area contributed by atoms with Gasteiger partial charge in [0.15, 0.2) is 0 Å². The van der Waals surface area contributed by atoms with Crippen LogP contribution in [0.4, 0.5) is 0 Å². The minimum Gasteiger partial charge on any atom is -0.314 e. The summed E-state index contributed by atoms with van der Waals surface area (Å²) in [7, 11) is 0. The second-order valence-corrected chi connectivity index (χ2v) is 4.60. The van der Waals surface area contributed by atoms with Crippen LogP contribution in [0.1, 0.15) is 58.8 Å². The topological polar surface area (TPSA) is 12.0 Å². The van der Waals surface area contributed by atoms with Gasteiger partial charge in [0.25, 0.3) is 0 Å². The molecule has 0 aromatic carbocycles. The third-order valence-corrected chi connectivity index (χ3v) is 3.20. The van der Waals surface area contributed by atoms with Crippen molar-refractivity contribution in [2.45, 2.75) is 64.8 Å². The maximum Gasteiger partial charge on any atom is 0.00387 e. The van der Waals surface area contributed by atoms with E-state index >= 15 is 0 Å². The van der Waals surface area contributed by atoms with Gasteiger partial charge in [-0.1, -0.05) is 32.6 Å². The minimum atomic E-state index is 0.729. The van der Waals surface area contributed by atoms with E-state index in [2.05, 4.69) is 19.2 Å². The Labute approximate surface area is 83.3 Å². The fraction of sp³-hybridized carbons (Fsp3) is 1.00. The van der Waals surface area contributed by atoms with Crippen LogP contribution in [0, 0.1) is 5.92 Å². The normalized spacial score (nSPS) is 21.7. The van der Waals surface area contributed by atoms with Crippen molar-refractivity contribution in [2.75, 3.05) is 6.54 Å². The van der Waals surface area contributed by atoms with E-state index in [-0.39, 0.29) is 0 Å². The summed E-state index contributed by atoms with van der Waals surface area (Å²) in [5.74, 6) is 0.980. The van der Waals surface area contributed by atoms with E-state index in [0.29, 0.717) is 0 Å². The summed E-state index contributed by atoms with van der Waals surface area (Å²) < 4.78 is 0. The minimum absolute atomic E-state index is 0.729. The lowest BCUT2D eigenvalue weighted by Crippen LogP contribution is -2.31. The first-order chi connectivity index (χ1) is 6.33. The summed E-state index contributed by atoms with van der Waals surface area (Å²) in [6.45, 7) is 5.84. The first-order valence-electron chi connectivity index (χ1n) is 6.06. The van der Waals surface area contributed by atoms with E-state index in [1.807, 2.05) is 0 Å². The van der Waals surface area contributed by atoms with Gasteiger partial charge in [-0.05, 0) is 38.6 Å². The smallest absolute Gasteiger partial charge is 0.00387 e. The van der Waals surface area contributed by atoms with Crippen LogP contribution in [0.25, 0.3) is 0 Å². The summed E-state index contributed by atoms with van der Waals surface area (Å²) in [5.41, 5.74) is 0. The molecule has 1 atom stereocenters. The van der Waals surface area contributed by atoms with Crippen LogP contribution >= 0.6 is 0 Å². The van der Waals surface area contributed by atoms with Gasteiger partial charge >= 0.3 is 0 Å². The number of hydrogen-bond donors (Lipinski definition) is 1. The van der Waals surface area contributed by atoms with Crippen LogP contribution in [-0.4, -0.2) is 12.6 Å². The molecule has 1 nitrogen and oxygen atoms in total. The molecule has 1 aliphatic carbocycles.